The molecule has 5 heteroatoms. The van der Waals surface area contributed by atoms with Crippen molar-refractivity contribution in [1.29, 1.82) is 0 Å². The van der Waals surface area contributed by atoms with Crippen molar-refractivity contribution < 1.29 is 9.47 Å². The highest BCUT2D eigenvalue weighted by Gasteiger charge is 2.13. The number of methoxy groups -OCH3 is 1. The lowest BCUT2D eigenvalue weighted by atomic mass is 10.0. The van der Waals surface area contributed by atoms with Crippen molar-refractivity contribution >= 4 is 10.9 Å². The van der Waals surface area contributed by atoms with Gasteiger partial charge in [-0.3, -0.25) is 9.36 Å². The van der Waals surface area contributed by atoms with Crippen LogP contribution in [0.5, 0.6) is 11.5 Å². The van der Waals surface area contributed by atoms with Crippen molar-refractivity contribution in [2.45, 2.75) is 39.2 Å². The van der Waals surface area contributed by atoms with Gasteiger partial charge in [-0.25, -0.2) is 4.98 Å². The molecule has 170 valence electrons. The lowest BCUT2D eigenvalue weighted by Gasteiger charge is -2.14. The molecular formula is C28H30N2O3. The first-order valence-corrected chi connectivity index (χ1v) is 11.4. The van der Waals surface area contributed by atoms with Gasteiger partial charge in [-0.1, -0.05) is 38.1 Å². The van der Waals surface area contributed by atoms with Crippen molar-refractivity contribution in [3.63, 3.8) is 0 Å². The molecule has 0 N–H and O–H groups in total. The zero-order valence-corrected chi connectivity index (χ0v) is 19.5. The van der Waals surface area contributed by atoms with E-state index in [1.54, 1.807) is 11.7 Å². The van der Waals surface area contributed by atoms with E-state index in [0.29, 0.717) is 35.8 Å². The maximum absolute atomic E-state index is 13.3. The molecule has 0 aliphatic carbocycles. The van der Waals surface area contributed by atoms with Crippen LogP contribution in [0.3, 0.4) is 0 Å². The van der Waals surface area contributed by atoms with Gasteiger partial charge in [0.25, 0.3) is 5.56 Å². The second kappa shape index (κ2) is 10.3. The van der Waals surface area contributed by atoms with Gasteiger partial charge in [0, 0.05) is 12.1 Å². The van der Waals surface area contributed by atoms with E-state index in [1.807, 2.05) is 60.7 Å². The second-order valence-corrected chi connectivity index (χ2v) is 8.42. The van der Waals surface area contributed by atoms with Crippen molar-refractivity contribution in [2.75, 3.05) is 13.7 Å². The Bertz CT molecular complexity index is 1260. The number of rotatable bonds is 9. The van der Waals surface area contributed by atoms with Gasteiger partial charge < -0.3 is 9.47 Å². The van der Waals surface area contributed by atoms with Crippen molar-refractivity contribution in [1.82, 2.24) is 9.55 Å². The molecule has 0 spiro atoms. The maximum Gasteiger partial charge on any atom is 0.261 e. The van der Waals surface area contributed by atoms with Gasteiger partial charge in [0.1, 0.15) is 17.3 Å². The van der Waals surface area contributed by atoms with E-state index in [1.165, 1.54) is 5.56 Å². The van der Waals surface area contributed by atoms with E-state index in [-0.39, 0.29) is 5.56 Å². The molecule has 5 nitrogen and oxygen atoms in total. The summed E-state index contributed by atoms with van der Waals surface area (Å²) in [5, 5.41) is 0.635. The molecule has 0 unspecified atom stereocenters. The molecule has 4 aromatic rings. The van der Waals surface area contributed by atoms with Crippen LogP contribution in [0.4, 0.5) is 0 Å². The van der Waals surface area contributed by atoms with E-state index in [9.17, 15) is 4.79 Å². The minimum atomic E-state index is -0.0170. The summed E-state index contributed by atoms with van der Waals surface area (Å²) in [4.78, 5) is 18.1. The molecule has 0 fully saturated rings. The first kappa shape index (κ1) is 22.6. The van der Waals surface area contributed by atoms with Gasteiger partial charge in [-0.2, -0.15) is 0 Å². The minimum absolute atomic E-state index is 0.0170. The highest BCUT2D eigenvalue weighted by Crippen LogP contribution is 2.23. The number of hydrogen-bond donors (Lipinski definition) is 0. The van der Waals surface area contributed by atoms with E-state index < -0.39 is 0 Å². The van der Waals surface area contributed by atoms with Crippen molar-refractivity contribution in [3.8, 4) is 22.9 Å². The fourth-order valence-electron chi connectivity index (χ4n) is 3.85. The molecule has 0 aliphatic heterocycles. The Kier molecular flexibility index (Phi) is 7.08. The van der Waals surface area contributed by atoms with Crippen LogP contribution in [-0.2, 0) is 6.54 Å². The van der Waals surface area contributed by atoms with E-state index >= 15 is 0 Å². The summed E-state index contributed by atoms with van der Waals surface area (Å²) >= 11 is 0. The Labute approximate surface area is 194 Å². The third-order valence-corrected chi connectivity index (χ3v) is 5.80. The van der Waals surface area contributed by atoms with Crippen LogP contribution in [0.15, 0.2) is 77.6 Å². The summed E-state index contributed by atoms with van der Waals surface area (Å²) in [6, 6.07) is 23.4. The van der Waals surface area contributed by atoms with E-state index in [4.69, 9.17) is 14.5 Å². The Balaban J connectivity index is 1.49. The average Bonchev–Trinajstić information content (AvgIpc) is 2.85. The van der Waals surface area contributed by atoms with Gasteiger partial charge >= 0.3 is 0 Å². The van der Waals surface area contributed by atoms with Crippen LogP contribution in [0.2, 0.25) is 0 Å². The molecule has 0 saturated heterocycles. The number of hydrogen-bond acceptors (Lipinski definition) is 4. The monoisotopic (exact) mass is 442 g/mol. The summed E-state index contributed by atoms with van der Waals surface area (Å²) in [5.74, 6) is 2.83. The summed E-state index contributed by atoms with van der Waals surface area (Å²) in [7, 11) is 1.64. The lowest BCUT2D eigenvalue weighted by molar-refractivity contribution is 0.303. The maximum atomic E-state index is 13.3. The number of fused-ring (bicyclic) bond motifs is 1. The predicted octanol–water partition coefficient (Wildman–Crippen LogP) is 6.05. The van der Waals surface area contributed by atoms with Gasteiger partial charge in [0.15, 0.2) is 0 Å². The van der Waals surface area contributed by atoms with Gasteiger partial charge in [-0.05, 0) is 72.9 Å². The van der Waals surface area contributed by atoms with Gasteiger partial charge in [-0.15, -0.1) is 0 Å². The van der Waals surface area contributed by atoms with Crippen molar-refractivity contribution in [2.24, 2.45) is 0 Å². The number of unbranched alkanes of at least 4 members (excludes halogenated alkanes) is 1. The largest absolute Gasteiger partial charge is 0.497 e. The SMILES string of the molecule is COc1ccc(-c2nc3ccccc3c(=O)n2CCCCOc2ccc(C(C)C)cc2)cc1. The normalized spacial score (nSPS) is 11.2. The molecule has 1 aromatic heterocycles. The Morgan fingerprint density at radius 3 is 2.27 bits per heavy atom. The van der Waals surface area contributed by atoms with Crippen LogP contribution in [-0.4, -0.2) is 23.3 Å². The average molecular weight is 443 g/mol. The molecule has 0 amide bonds. The number of nitrogens with zero attached hydrogens (tertiary/aromatic N) is 2. The number of para-hydroxylation sites is 1. The summed E-state index contributed by atoms with van der Waals surface area (Å²) < 4.78 is 13.0. The first-order valence-electron chi connectivity index (χ1n) is 11.4. The highest BCUT2D eigenvalue weighted by atomic mass is 16.5. The topological polar surface area (TPSA) is 53.3 Å². The zero-order valence-electron chi connectivity index (χ0n) is 19.5. The second-order valence-electron chi connectivity index (χ2n) is 8.42. The van der Waals surface area contributed by atoms with Crippen LogP contribution in [0, 0.1) is 0 Å². The van der Waals surface area contributed by atoms with Crippen LogP contribution >= 0.6 is 0 Å². The number of ether oxygens (including phenoxy) is 2. The molecule has 0 aliphatic rings. The Hall–Kier alpha value is -3.60. The quantitative estimate of drug-likeness (QED) is 0.296. The molecule has 4 rings (SSSR count). The Morgan fingerprint density at radius 1 is 0.879 bits per heavy atom. The minimum Gasteiger partial charge on any atom is -0.497 e. The van der Waals surface area contributed by atoms with Crippen LogP contribution in [0.1, 0.15) is 38.2 Å². The summed E-state index contributed by atoms with van der Waals surface area (Å²) in [6.07, 6.45) is 1.65. The molecule has 0 saturated carbocycles. The third-order valence-electron chi connectivity index (χ3n) is 5.80. The molecule has 3 aromatic carbocycles. The van der Waals surface area contributed by atoms with Crippen LogP contribution < -0.4 is 15.0 Å². The summed E-state index contributed by atoms with van der Waals surface area (Å²) in [5.41, 5.74) is 2.88. The highest BCUT2D eigenvalue weighted by molar-refractivity contribution is 5.79. The fourth-order valence-corrected chi connectivity index (χ4v) is 3.85. The standard InChI is InChI=1S/C28H30N2O3/c1-20(2)21-10-16-24(17-11-21)33-19-7-6-18-30-27(22-12-14-23(32-3)15-13-22)29-26-9-5-4-8-25(26)28(30)31/h4-5,8-17,20H,6-7,18-19H2,1-3H3. The van der Waals surface area contributed by atoms with Gasteiger partial charge in [0.2, 0.25) is 0 Å². The lowest BCUT2D eigenvalue weighted by Crippen LogP contribution is -2.24. The first-order chi connectivity index (χ1) is 16.1. The van der Waals surface area contributed by atoms with Crippen molar-refractivity contribution in [3.05, 3.63) is 88.7 Å². The molecule has 0 radical (unpaired) electrons. The number of benzene rings is 3. The Morgan fingerprint density at radius 2 is 1.58 bits per heavy atom. The van der Waals surface area contributed by atoms with E-state index in [2.05, 4.69) is 26.0 Å². The fraction of sp³-hybridized carbons (Fsp3) is 0.286. The van der Waals surface area contributed by atoms with E-state index in [0.717, 1.165) is 29.9 Å². The molecular weight excluding hydrogens is 412 g/mol. The molecule has 33 heavy (non-hydrogen) atoms. The number of aromatic nitrogens is 2. The zero-order chi connectivity index (χ0) is 23.2. The molecule has 1 heterocycles. The van der Waals surface area contributed by atoms with Crippen LogP contribution in [0.25, 0.3) is 22.3 Å². The summed E-state index contributed by atoms with van der Waals surface area (Å²) in [6.45, 7) is 5.54. The smallest absolute Gasteiger partial charge is 0.261 e. The molecule has 0 atom stereocenters. The van der Waals surface area contributed by atoms with Gasteiger partial charge in [0.05, 0.1) is 24.6 Å². The predicted molar refractivity (Wildman–Crippen MR) is 133 cm³/mol. The molecule has 0 bridgehead atoms. The third kappa shape index (κ3) is 5.25.